The number of fused-ring (bicyclic) bond motifs is 1. The summed E-state index contributed by atoms with van der Waals surface area (Å²) in [6.07, 6.45) is 7.35. The van der Waals surface area contributed by atoms with Crippen LogP contribution in [0.1, 0.15) is 37.4 Å². The molecule has 38 heavy (non-hydrogen) atoms. The molecule has 1 amide bonds. The highest BCUT2D eigenvalue weighted by atomic mass is 16.5. The van der Waals surface area contributed by atoms with E-state index in [0.717, 1.165) is 86.0 Å². The van der Waals surface area contributed by atoms with Gasteiger partial charge < -0.3 is 20.3 Å². The largest absolute Gasteiger partial charge is 0.457 e. The molecule has 2 aliphatic rings. The van der Waals surface area contributed by atoms with Crippen molar-refractivity contribution in [1.29, 1.82) is 0 Å². The number of nitrogen functional groups attached to an aromatic ring is 1. The minimum atomic E-state index is 0.115. The molecule has 0 spiro atoms. The number of hydrogen-bond donors (Lipinski definition) is 1. The van der Waals surface area contributed by atoms with Crippen molar-refractivity contribution in [2.75, 3.05) is 39.0 Å². The Labute approximate surface area is 223 Å². The molecule has 8 nitrogen and oxygen atoms in total. The van der Waals surface area contributed by atoms with Gasteiger partial charge in [0.25, 0.3) is 0 Å². The van der Waals surface area contributed by atoms with Gasteiger partial charge in [-0.05, 0) is 69.1 Å². The summed E-state index contributed by atoms with van der Waals surface area (Å²) in [5.41, 5.74) is 8.99. The van der Waals surface area contributed by atoms with Gasteiger partial charge in [-0.2, -0.15) is 0 Å². The first-order valence-electron chi connectivity index (χ1n) is 13.5. The molecule has 196 valence electrons. The number of rotatable bonds is 5. The fraction of sp³-hybridized carbons (Fsp3) is 0.367. The third kappa shape index (κ3) is 4.84. The quantitative estimate of drug-likeness (QED) is 0.414. The lowest BCUT2D eigenvalue weighted by molar-refractivity contribution is -0.138. The zero-order valence-corrected chi connectivity index (χ0v) is 21.8. The summed E-state index contributed by atoms with van der Waals surface area (Å²) in [5, 5.41) is 0. The smallest absolute Gasteiger partial charge is 0.225 e. The number of nitrogens with two attached hydrogens (primary N) is 1. The van der Waals surface area contributed by atoms with E-state index in [-0.39, 0.29) is 11.8 Å². The summed E-state index contributed by atoms with van der Waals surface area (Å²) in [6.45, 7) is 3.59. The van der Waals surface area contributed by atoms with Gasteiger partial charge in [-0.25, -0.2) is 9.97 Å². The second kappa shape index (κ2) is 10.5. The maximum atomic E-state index is 13.1. The average molecular weight is 511 g/mol. The lowest BCUT2D eigenvalue weighted by atomic mass is 9.81. The number of carbonyl (C=O) groups excluding carboxylic acids is 1. The maximum absolute atomic E-state index is 13.1. The van der Waals surface area contributed by atoms with Crippen LogP contribution < -0.4 is 10.5 Å². The van der Waals surface area contributed by atoms with E-state index in [9.17, 15) is 4.79 Å². The van der Waals surface area contributed by atoms with Gasteiger partial charge in [-0.1, -0.05) is 18.2 Å². The Bertz CT molecular complexity index is 1400. The third-order valence-corrected chi connectivity index (χ3v) is 7.97. The van der Waals surface area contributed by atoms with E-state index in [4.69, 9.17) is 15.5 Å². The van der Waals surface area contributed by atoms with Crippen LogP contribution in [0.4, 0.5) is 5.82 Å². The van der Waals surface area contributed by atoms with Crippen LogP contribution in [0.25, 0.3) is 16.8 Å². The standard InChI is InChI=1S/C30H34N6O2/c1-34-17-19-35(20-18-34)30(37)23-9-7-22(8-10-23)29-33-26(27-28(31)32-15-16-36(27)29)21-11-13-25(14-12-21)38-24-5-3-2-4-6-24/h2-6,11-16,22-23H,7-10,17-20H2,1H3,(H2,31,32)/t22-,23-. The van der Waals surface area contributed by atoms with E-state index in [2.05, 4.69) is 26.2 Å². The predicted molar refractivity (Wildman–Crippen MR) is 148 cm³/mol. The van der Waals surface area contributed by atoms with Crippen LogP contribution in [0.3, 0.4) is 0 Å². The number of nitrogens with zero attached hydrogens (tertiary/aromatic N) is 5. The van der Waals surface area contributed by atoms with Crippen molar-refractivity contribution < 1.29 is 9.53 Å². The molecular formula is C30H34N6O2. The van der Waals surface area contributed by atoms with E-state index in [1.54, 1.807) is 6.20 Å². The number of carbonyl (C=O) groups is 1. The molecule has 1 saturated carbocycles. The molecule has 2 aromatic carbocycles. The minimum absolute atomic E-state index is 0.115. The summed E-state index contributed by atoms with van der Waals surface area (Å²) in [5.74, 6) is 3.74. The van der Waals surface area contributed by atoms with E-state index >= 15 is 0 Å². The lowest BCUT2D eigenvalue weighted by Gasteiger charge is -2.36. The molecule has 4 aromatic rings. The molecule has 3 heterocycles. The first-order chi connectivity index (χ1) is 18.6. The monoisotopic (exact) mass is 510 g/mol. The number of ether oxygens (including phenoxy) is 1. The number of amides is 1. The molecule has 1 aliphatic carbocycles. The number of likely N-dealkylation sites (N-methyl/N-ethyl adjacent to an activating group) is 1. The summed E-state index contributed by atoms with van der Waals surface area (Å²) in [6, 6.07) is 17.7. The highest BCUT2D eigenvalue weighted by Gasteiger charge is 2.33. The fourth-order valence-corrected chi connectivity index (χ4v) is 5.77. The van der Waals surface area contributed by atoms with Gasteiger partial charge >= 0.3 is 0 Å². The lowest BCUT2D eigenvalue weighted by Crippen LogP contribution is -2.49. The van der Waals surface area contributed by atoms with E-state index in [1.807, 2.05) is 60.8 Å². The average Bonchev–Trinajstić information content (AvgIpc) is 3.35. The van der Waals surface area contributed by atoms with E-state index < -0.39 is 0 Å². The van der Waals surface area contributed by atoms with Gasteiger partial charge in [0.1, 0.15) is 34.4 Å². The Morgan fingerprint density at radius 2 is 1.61 bits per heavy atom. The van der Waals surface area contributed by atoms with Crippen LogP contribution in [0.2, 0.25) is 0 Å². The Balaban J connectivity index is 1.21. The topological polar surface area (TPSA) is 89.0 Å². The molecular weight excluding hydrogens is 476 g/mol. The molecule has 0 atom stereocenters. The van der Waals surface area contributed by atoms with Crippen molar-refractivity contribution in [2.24, 2.45) is 5.92 Å². The summed E-state index contributed by atoms with van der Waals surface area (Å²) in [7, 11) is 2.12. The van der Waals surface area contributed by atoms with Crippen LogP contribution in [-0.2, 0) is 4.79 Å². The normalized spacial score (nSPS) is 20.5. The van der Waals surface area contributed by atoms with Crippen LogP contribution in [-0.4, -0.2) is 63.3 Å². The summed E-state index contributed by atoms with van der Waals surface area (Å²) >= 11 is 0. The molecule has 2 fully saturated rings. The molecule has 0 bridgehead atoms. The Morgan fingerprint density at radius 3 is 2.32 bits per heavy atom. The summed E-state index contributed by atoms with van der Waals surface area (Å²) in [4.78, 5) is 27.0. The van der Waals surface area contributed by atoms with Crippen molar-refractivity contribution in [2.45, 2.75) is 31.6 Å². The fourth-order valence-electron chi connectivity index (χ4n) is 5.77. The van der Waals surface area contributed by atoms with Gasteiger partial charge in [-0.3, -0.25) is 9.20 Å². The van der Waals surface area contributed by atoms with Gasteiger partial charge in [0, 0.05) is 56.0 Å². The molecule has 1 aliphatic heterocycles. The molecule has 2 N–H and O–H groups in total. The molecule has 1 saturated heterocycles. The zero-order chi connectivity index (χ0) is 26.1. The molecule has 6 rings (SSSR count). The van der Waals surface area contributed by atoms with Gasteiger partial charge in [0.2, 0.25) is 5.91 Å². The van der Waals surface area contributed by atoms with Crippen LogP contribution in [0.5, 0.6) is 11.5 Å². The molecule has 0 unspecified atom stereocenters. The van der Waals surface area contributed by atoms with Crippen molar-refractivity contribution >= 4 is 17.2 Å². The van der Waals surface area contributed by atoms with Crippen LogP contribution in [0.15, 0.2) is 67.0 Å². The minimum Gasteiger partial charge on any atom is -0.457 e. The van der Waals surface area contributed by atoms with Gasteiger partial charge in [0.05, 0.1) is 0 Å². The second-order valence-corrected chi connectivity index (χ2v) is 10.5. The molecule has 0 radical (unpaired) electrons. The SMILES string of the molecule is CN1CCN(C(=O)[C@H]2CC[C@H](c3nc(-c4ccc(Oc5ccccc5)cc4)c4c(N)nccn43)CC2)CC1. The van der Waals surface area contributed by atoms with Crippen molar-refractivity contribution in [1.82, 2.24) is 24.2 Å². The second-order valence-electron chi connectivity index (χ2n) is 10.5. The third-order valence-electron chi connectivity index (χ3n) is 7.97. The first-order valence-corrected chi connectivity index (χ1v) is 13.5. The predicted octanol–water partition coefficient (Wildman–Crippen LogP) is 4.82. The number of hydrogen-bond acceptors (Lipinski definition) is 6. The number of anilines is 1. The number of benzene rings is 2. The van der Waals surface area contributed by atoms with Gasteiger partial charge in [-0.15, -0.1) is 0 Å². The first kappa shape index (κ1) is 24.4. The zero-order valence-electron chi connectivity index (χ0n) is 21.8. The van der Waals surface area contributed by atoms with Gasteiger partial charge in [0.15, 0.2) is 0 Å². The molecule has 2 aromatic heterocycles. The Hall–Kier alpha value is -3.91. The molecule has 8 heteroatoms. The van der Waals surface area contributed by atoms with Crippen molar-refractivity contribution in [3.63, 3.8) is 0 Å². The van der Waals surface area contributed by atoms with Crippen LogP contribution in [0, 0.1) is 5.92 Å². The Kier molecular flexibility index (Phi) is 6.72. The maximum Gasteiger partial charge on any atom is 0.225 e. The number of para-hydroxylation sites is 1. The highest BCUT2D eigenvalue weighted by molar-refractivity contribution is 5.85. The van der Waals surface area contributed by atoms with Crippen molar-refractivity contribution in [3.05, 3.63) is 72.8 Å². The number of piperazine rings is 1. The summed E-state index contributed by atoms with van der Waals surface area (Å²) < 4.78 is 8.06. The highest BCUT2D eigenvalue weighted by Crippen LogP contribution is 2.39. The number of imidazole rings is 1. The van der Waals surface area contributed by atoms with E-state index in [1.165, 1.54) is 0 Å². The van der Waals surface area contributed by atoms with Crippen LogP contribution >= 0.6 is 0 Å². The number of aromatic nitrogens is 3. The Morgan fingerprint density at radius 1 is 0.921 bits per heavy atom. The van der Waals surface area contributed by atoms with Crippen molar-refractivity contribution in [3.8, 4) is 22.8 Å². The van der Waals surface area contributed by atoms with E-state index in [0.29, 0.717) is 11.7 Å².